The number of ether oxygens (including phenoxy) is 1. The fourth-order valence-electron chi connectivity index (χ4n) is 4.19. The average molecular weight is 513 g/mol. The molecule has 0 spiro atoms. The van der Waals surface area contributed by atoms with Gasteiger partial charge in [-0.2, -0.15) is 0 Å². The van der Waals surface area contributed by atoms with Gasteiger partial charge in [-0.1, -0.05) is 47.8 Å². The van der Waals surface area contributed by atoms with Gasteiger partial charge in [0.25, 0.3) is 5.91 Å². The largest absolute Gasteiger partial charge is 0.494 e. The van der Waals surface area contributed by atoms with Crippen molar-refractivity contribution in [3.8, 4) is 5.75 Å². The first-order chi connectivity index (χ1) is 15.9. The number of rotatable bonds is 9. The van der Waals surface area contributed by atoms with E-state index in [-0.39, 0.29) is 17.1 Å². The van der Waals surface area contributed by atoms with E-state index in [1.165, 1.54) is 0 Å². The van der Waals surface area contributed by atoms with E-state index in [4.69, 9.17) is 9.15 Å². The molecule has 0 radical (unpaired) electrons. The standard InChI is InChI=1S/C26H29BrN2O4/c1-4-5-6-14-32-19-9-7-8-17(15-19)23-22-24(30)20-16-18(27)10-11-21(20)33-25(22)26(31)29(23)13-12-28(2)3/h7-11,15-16,23H,4-6,12-14H2,1-3H3. The molecule has 7 heteroatoms. The third-order valence-corrected chi connectivity index (χ3v) is 6.40. The monoisotopic (exact) mass is 512 g/mol. The van der Waals surface area contributed by atoms with Crippen LogP contribution in [-0.2, 0) is 0 Å². The van der Waals surface area contributed by atoms with Gasteiger partial charge in [-0.05, 0) is 56.4 Å². The van der Waals surface area contributed by atoms with Crippen LogP contribution in [0.5, 0.6) is 5.75 Å². The molecular formula is C26H29BrN2O4. The van der Waals surface area contributed by atoms with Gasteiger partial charge in [-0.25, -0.2) is 0 Å². The molecule has 0 saturated heterocycles. The number of halogens is 1. The molecule has 1 aromatic heterocycles. The van der Waals surface area contributed by atoms with Crippen molar-refractivity contribution in [1.82, 2.24) is 9.80 Å². The first-order valence-electron chi connectivity index (χ1n) is 11.4. The zero-order valence-electron chi connectivity index (χ0n) is 19.3. The van der Waals surface area contributed by atoms with Gasteiger partial charge in [0, 0.05) is 17.6 Å². The van der Waals surface area contributed by atoms with Crippen LogP contribution in [0.4, 0.5) is 0 Å². The number of benzene rings is 2. The summed E-state index contributed by atoms with van der Waals surface area (Å²) in [6.45, 7) is 3.94. The van der Waals surface area contributed by atoms with Crippen LogP contribution in [0, 0.1) is 0 Å². The lowest BCUT2D eigenvalue weighted by molar-refractivity contribution is 0.0716. The van der Waals surface area contributed by atoms with E-state index in [0.717, 1.165) is 35.0 Å². The molecular weight excluding hydrogens is 484 g/mol. The SMILES string of the molecule is CCCCCOc1cccc(C2c3c(oc4ccc(Br)cc4c3=O)C(=O)N2CCN(C)C)c1. The van der Waals surface area contributed by atoms with Crippen molar-refractivity contribution in [1.29, 1.82) is 0 Å². The highest BCUT2D eigenvalue weighted by atomic mass is 79.9. The van der Waals surface area contributed by atoms with E-state index in [2.05, 4.69) is 22.9 Å². The van der Waals surface area contributed by atoms with E-state index in [1.807, 2.05) is 43.3 Å². The van der Waals surface area contributed by atoms with E-state index in [1.54, 1.807) is 23.1 Å². The van der Waals surface area contributed by atoms with E-state index in [9.17, 15) is 9.59 Å². The number of hydrogen-bond donors (Lipinski definition) is 0. The summed E-state index contributed by atoms with van der Waals surface area (Å²) < 4.78 is 12.7. The van der Waals surface area contributed by atoms with E-state index < -0.39 is 6.04 Å². The molecule has 1 atom stereocenters. The quantitative estimate of drug-likeness (QED) is 0.367. The smallest absolute Gasteiger partial charge is 0.290 e. The summed E-state index contributed by atoms with van der Waals surface area (Å²) in [5, 5.41) is 0.461. The number of likely N-dealkylation sites (N-methyl/N-ethyl adjacent to an activating group) is 1. The molecule has 33 heavy (non-hydrogen) atoms. The summed E-state index contributed by atoms with van der Waals surface area (Å²) in [5.74, 6) is 0.617. The van der Waals surface area contributed by atoms with E-state index in [0.29, 0.717) is 36.2 Å². The van der Waals surface area contributed by atoms with Gasteiger partial charge in [0.2, 0.25) is 5.76 Å². The van der Waals surface area contributed by atoms with Crippen LogP contribution in [0.15, 0.2) is 56.1 Å². The zero-order valence-corrected chi connectivity index (χ0v) is 20.9. The summed E-state index contributed by atoms with van der Waals surface area (Å²) in [6, 6.07) is 12.5. The Morgan fingerprint density at radius 2 is 1.94 bits per heavy atom. The number of carbonyl (C=O) groups is 1. The van der Waals surface area contributed by atoms with Gasteiger partial charge in [0.15, 0.2) is 5.43 Å². The second kappa shape index (κ2) is 10.1. The summed E-state index contributed by atoms with van der Waals surface area (Å²) in [5.41, 5.74) is 1.48. The lowest BCUT2D eigenvalue weighted by Gasteiger charge is -2.26. The molecule has 3 aromatic rings. The predicted octanol–water partition coefficient (Wildman–Crippen LogP) is 5.23. The van der Waals surface area contributed by atoms with Crippen molar-refractivity contribution < 1.29 is 13.9 Å². The lowest BCUT2D eigenvalue weighted by Crippen LogP contribution is -2.35. The third kappa shape index (κ3) is 4.84. The first kappa shape index (κ1) is 23.5. The summed E-state index contributed by atoms with van der Waals surface area (Å²) in [6.07, 6.45) is 3.24. The van der Waals surface area contributed by atoms with Crippen molar-refractivity contribution in [3.05, 3.63) is 74.0 Å². The van der Waals surface area contributed by atoms with Crippen LogP contribution in [0.2, 0.25) is 0 Å². The fraction of sp³-hybridized carbons (Fsp3) is 0.385. The molecule has 0 saturated carbocycles. The Bertz CT molecular complexity index is 1220. The van der Waals surface area contributed by atoms with Crippen LogP contribution >= 0.6 is 15.9 Å². The zero-order chi connectivity index (χ0) is 23.5. The normalized spacial score (nSPS) is 15.5. The second-order valence-electron chi connectivity index (χ2n) is 8.65. The van der Waals surface area contributed by atoms with Crippen LogP contribution in [0.1, 0.15) is 53.9 Å². The average Bonchev–Trinajstić information content (AvgIpc) is 3.08. The maximum atomic E-state index is 13.6. The van der Waals surface area contributed by atoms with Crippen LogP contribution in [0.3, 0.4) is 0 Å². The summed E-state index contributed by atoms with van der Waals surface area (Å²) >= 11 is 3.44. The molecule has 0 aliphatic carbocycles. The van der Waals surface area contributed by atoms with Crippen molar-refractivity contribution >= 4 is 32.8 Å². The van der Waals surface area contributed by atoms with Crippen LogP contribution < -0.4 is 10.2 Å². The fourth-order valence-corrected chi connectivity index (χ4v) is 4.56. The van der Waals surface area contributed by atoms with Crippen LogP contribution in [0.25, 0.3) is 11.0 Å². The Hall–Kier alpha value is -2.64. The maximum absolute atomic E-state index is 13.6. The number of nitrogens with zero attached hydrogens (tertiary/aromatic N) is 2. The number of amides is 1. The Morgan fingerprint density at radius 3 is 2.70 bits per heavy atom. The summed E-state index contributed by atoms with van der Waals surface area (Å²) in [7, 11) is 3.92. The molecule has 2 heterocycles. The Kier molecular flexibility index (Phi) is 7.20. The molecule has 0 fully saturated rings. The van der Waals surface area contributed by atoms with Gasteiger partial charge in [-0.3, -0.25) is 9.59 Å². The molecule has 2 aromatic carbocycles. The molecule has 6 nitrogen and oxygen atoms in total. The maximum Gasteiger partial charge on any atom is 0.290 e. The molecule has 1 aliphatic heterocycles. The topological polar surface area (TPSA) is 63.0 Å². The number of unbranched alkanes of at least 4 members (excludes halogenated alkanes) is 2. The minimum absolute atomic E-state index is 0.132. The Morgan fingerprint density at radius 1 is 1.12 bits per heavy atom. The number of carbonyl (C=O) groups excluding carboxylic acids is 1. The van der Waals surface area contributed by atoms with Crippen LogP contribution in [-0.4, -0.2) is 49.5 Å². The molecule has 4 rings (SSSR count). The molecule has 1 amide bonds. The van der Waals surface area contributed by atoms with Gasteiger partial charge < -0.3 is 19.0 Å². The van der Waals surface area contributed by atoms with Crippen molar-refractivity contribution in [3.63, 3.8) is 0 Å². The van der Waals surface area contributed by atoms with Gasteiger partial charge in [0.1, 0.15) is 11.3 Å². The highest BCUT2D eigenvalue weighted by molar-refractivity contribution is 9.10. The van der Waals surface area contributed by atoms with Gasteiger partial charge in [0.05, 0.1) is 23.6 Å². The van der Waals surface area contributed by atoms with Gasteiger partial charge in [-0.15, -0.1) is 0 Å². The summed E-state index contributed by atoms with van der Waals surface area (Å²) in [4.78, 5) is 30.8. The predicted molar refractivity (Wildman–Crippen MR) is 133 cm³/mol. The minimum atomic E-state index is -0.522. The minimum Gasteiger partial charge on any atom is -0.494 e. The first-order valence-corrected chi connectivity index (χ1v) is 12.1. The van der Waals surface area contributed by atoms with Crippen molar-refractivity contribution in [2.75, 3.05) is 33.8 Å². The lowest BCUT2D eigenvalue weighted by atomic mass is 9.98. The number of fused-ring (bicyclic) bond motifs is 2. The highest BCUT2D eigenvalue weighted by Crippen LogP contribution is 2.39. The highest BCUT2D eigenvalue weighted by Gasteiger charge is 2.42. The Balaban J connectivity index is 1.80. The second-order valence-corrected chi connectivity index (χ2v) is 9.56. The third-order valence-electron chi connectivity index (χ3n) is 5.91. The molecule has 1 unspecified atom stereocenters. The number of hydrogen-bond acceptors (Lipinski definition) is 5. The Labute approximate surface area is 202 Å². The molecule has 174 valence electrons. The molecule has 1 aliphatic rings. The van der Waals surface area contributed by atoms with E-state index >= 15 is 0 Å². The molecule has 0 N–H and O–H groups in total. The van der Waals surface area contributed by atoms with Crippen molar-refractivity contribution in [2.45, 2.75) is 32.2 Å². The molecule has 0 bridgehead atoms. The van der Waals surface area contributed by atoms with Crippen molar-refractivity contribution in [2.24, 2.45) is 0 Å². The van der Waals surface area contributed by atoms with Gasteiger partial charge >= 0.3 is 0 Å².